The quantitative estimate of drug-likeness (QED) is 0.821. The Labute approximate surface area is 104 Å². The van der Waals surface area contributed by atoms with E-state index in [1.165, 1.54) is 10.8 Å². The second-order valence-electron chi connectivity index (χ2n) is 4.23. The van der Waals surface area contributed by atoms with Gasteiger partial charge in [-0.05, 0) is 24.6 Å². The van der Waals surface area contributed by atoms with Gasteiger partial charge in [0.1, 0.15) is 9.84 Å². The Bertz CT molecular complexity index is 727. The number of nitrogens with two attached hydrogens (primary N) is 1. The van der Waals surface area contributed by atoms with Crippen molar-refractivity contribution in [2.24, 2.45) is 0 Å². The number of aryl methyl sites for hydroxylation is 1. The molecule has 0 bridgehead atoms. The average molecular weight is 270 g/mol. The van der Waals surface area contributed by atoms with E-state index in [4.69, 9.17) is 10.2 Å². The molecule has 2 rings (SSSR count). The molecule has 0 atom stereocenters. The molecule has 18 heavy (non-hydrogen) atoms. The molecule has 2 N–H and O–H groups in total. The number of benzene rings is 1. The van der Waals surface area contributed by atoms with Crippen molar-refractivity contribution in [3.05, 3.63) is 28.7 Å². The second kappa shape index (κ2) is 4.49. The summed E-state index contributed by atoms with van der Waals surface area (Å²) in [5.41, 5.74) is 7.22. The van der Waals surface area contributed by atoms with Crippen LogP contribution >= 0.6 is 0 Å². The molecule has 6 nitrogen and oxygen atoms in total. The third kappa shape index (κ3) is 2.73. The lowest BCUT2D eigenvalue weighted by atomic mass is 10.3. The Morgan fingerprint density at radius 3 is 2.78 bits per heavy atom. The zero-order valence-corrected chi connectivity index (χ0v) is 10.7. The lowest BCUT2D eigenvalue weighted by molar-refractivity contribution is 0.501. The first kappa shape index (κ1) is 12.7. The molecule has 0 saturated heterocycles. The van der Waals surface area contributed by atoms with Crippen LogP contribution in [0.15, 0.2) is 27.4 Å². The van der Waals surface area contributed by atoms with Gasteiger partial charge in [0, 0.05) is 18.5 Å². The Morgan fingerprint density at radius 1 is 1.39 bits per heavy atom. The molecular weight excluding hydrogens is 256 g/mol. The minimum Gasteiger partial charge on any atom is -0.408 e. The van der Waals surface area contributed by atoms with Crippen LogP contribution in [0.2, 0.25) is 0 Å². The number of nitrogen functional groups attached to an aromatic ring is 1. The number of fused-ring (bicyclic) bond motifs is 1. The number of hydrogen-bond acceptors (Lipinski definition) is 5. The fraction of sp³-hybridized carbons (Fsp3) is 0.364. The van der Waals surface area contributed by atoms with Crippen LogP contribution in [-0.2, 0) is 16.4 Å². The first-order valence-corrected chi connectivity index (χ1v) is 7.49. The molecule has 0 saturated carbocycles. The first-order valence-electron chi connectivity index (χ1n) is 5.43. The highest BCUT2D eigenvalue weighted by Gasteiger charge is 2.10. The molecule has 1 aromatic heterocycles. The molecule has 98 valence electrons. The predicted octanol–water partition coefficient (Wildman–Crippen LogP) is 0.611. The van der Waals surface area contributed by atoms with Gasteiger partial charge in [-0.2, -0.15) is 0 Å². The smallest absolute Gasteiger partial charge is 0.408 e. The summed E-state index contributed by atoms with van der Waals surface area (Å²) in [6.07, 6.45) is 1.53. The zero-order chi connectivity index (χ0) is 13.3. The average Bonchev–Trinajstić information content (AvgIpc) is 2.54. The number of aromatic nitrogens is 1. The zero-order valence-electron chi connectivity index (χ0n) is 9.92. The van der Waals surface area contributed by atoms with Gasteiger partial charge in [-0.3, -0.25) is 4.57 Å². The maximum atomic E-state index is 11.6. The van der Waals surface area contributed by atoms with Crippen molar-refractivity contribution < 1.29 is 12.8 Å². The van der Waals surface area contributed by atoms with Gasteiger partial charge in [-0.25, -0.2) is 13.2 Å². The van der Waals surface area contributed by atoms with E-state index in [1.807, 2.05) is 0 Å². The molecule has 0 aliphatic heterocycles. The van der Waals surface area contributed by atoms with Crippen molar-refractivity contribution >= 4 is 26.6 Å². The fourth-order valence-electron chi connectivity index (χ4n) is 1.78. The summed E-state index contributed by atoms with van der Waals surface area (Å²) in [6, 6.07) is 4.91. The molecule has 0 spiro atoms. The Morgan fingerprint density at radius 2 is 2.11 bits per heavy atom. The Kier molecular flexibility index (Phi) is 3.16. The highest BCUT2D eigenvalue weighted by Crippen LogP contribution is 2.16. The summed E-state index contributed by atoms with van der Waals surface area (Å²) < 4.78 is 28.5. The molecule has 7 heteroatoms. The Hall–Kier alpha value is -1.76. The van der Waals surface area contributed by atoms with Crippen LogP contribution in [-0.4, -0.2) is 25.0 Å². The molecule has 0 radical (unpaired) electrons. The van der Waals surface area contributed by atoms with E-state index in [1.54, 1.807) is 18.2 Å². The number of hydrogen-bond donors (Lipinski definition) is 1. The number of rotatable bonds is 4. The van der Waals surface area contributed by atoms with Crippen molar-refractivity contribution in [3.8, 4) is 0 Å². The maximum Gasteiger partial charge on any atom is 0.419 e. The summed E-state index contributed by atoms with van der Waals surface area (Å²) in [7, 11) is -3.02. The largest absolute Gasteiger partial charge is 0.419 e. The molecular formula is C11H14N2O4S. The van der Waals surface area contributed by atoms with Crippen LogP contribution in [0.3, 0.4) is 0 Å². The molecule has 0 aliphatic carbocycles. The number of anilines is 1. The third-order valence-corrected chi connectivity index (χ3v) is 3.62. The lowest BCUT2D eigenvalue weighted by Crippen LogP contribution is -2.16. The molecule has 0 aliphatic rings. The molecule has 0 amide bonds. The van der Waals surface area contributed by atoms with Crippen molar-refractivity contribution in [1.29, 1.82) is 0 Å². The van der Waals surface area contributed by atoms with Crippen LogP contribution in [0.1, 0.15) is 6.42 Å². The summed E-state index contributed by atoms with van der Waals surface area (Å²) in [6.45, 7) is 0.294. The highest BCUT2D eigenvalue weighted by atomic mass is 32.2. The number of sulfone groups is 1. The SMILES string of the molecule is CS(=O)(=O)CCCn1c(=O)oc2ccc(N)cc21. The van der Waals surface area contributed by atoms with Crippen LogP contribution in [0.5, 0.6) is 0 Å². The normalized spacial score (nSPS) is 12.1. The molecule has 1 aromatic carbocycles. The van der Waals surface area contributed by atoms with Crippen molar-refractivity contribution in [2.45, 2.75) is 13.0 Å². The summed E-state index contributed by atoms with van der Waals surface area (Å²) in [5.74, 6) is -0.460. The highest BCUT2D eigenvalue weighted by molar-refractivity contribution is 7.90. The lowest BCUT2D eigenvalue weighted by Gasteiger charge is -2.01. The van der Waals surface area contributed by atoms with Gasteiger partial charge in [0.05, 0.1) is 11.3 Å². The first-order chi connectivity index (χ1) is 8.37. The third-order valence-electron chi connectivity index (χ3n) is 2.59. The topological polar surface area (TPSA) is 95.3 Å². The fourth-order valence-corrected chi connectivity index (χ4v) is 2.43. The van der Waals surface area contributed by atoms with E-state index in [-0.39, 0.29) is 5.75 Å². The van der Waals surface area contributed by atoms with Gasteiger partial charge in [0.15, 0.2) is 5.58 Å². The summed E-state index contributed by atoms with van der Waals surface area (Å²) in [4.78, 5) is 11.6. The van der Waals surface area contributed by atoms with Crippen molar-refractivity contribution in [1.82, 2.24) is 4.57 Å². The van der Waals surface area contributed by atoms with Gasteiger partial charge < -0.3 is 10.2 Å². The minimum atomic E-state index is -3.02. The van der Waals surface area contributed by atoms with E-state index in [0.717, 1.165) is 0 Å². The van der Waals surface area contributed by atoms with Crippen LogP contribution in [0.4, 0.5) is 5.69 Å². The summed E-state index contributed by atoms with van der Waals surface area (Å²) >= 11 is 0. The van der Waals surface area contributed by atoms with E-state index >= 15 is 0 Å². The van der Waals surface area contributed by atoms with Crippen LogP contribution < -0.4 is 11.5 Å². The van der Waals surface area contributed by atoms with Gasteiger partial charge >= 0.3 is 5.76 Å². The summed E-state index contributed by atoms with van der Waals surface area (Å²) in [5, 5.41) is 0. The van der Waals surface area contributed by atoms with Crippen LogP contribution in [0, 0.1) is 0 Å². The number of oxazole rings is 1. The molecule has 0 fully saturated rings. The molecule has 2 aromatic rings. The van der Waals surface area contributed by atoms with Crippen LogP contribution in [0.25, 0.3) is 11.1 Å². The predicted molar refractivity (Wildman–Crippen MR) is 69.2 cm³/mol. The van der Waals surface area contributed by atoms with E-state index < -0.39 is 15.6 Å². The van der Waals surface area contributed by atoms with E-state index in [2.05, 4.69) is 0 Å². The van der Waals surface area contributed by atoms with E-state index in [0.29, 0.717) is 29.8 Å². The van der Waals surface area contributed by atoms with Crippen molar-refractivity contribution in [2.75, 3.05) is 17.7 Å². The van der Waals surface area contributed by atoms with Gasteiger partial charge in [0.2, 0.25) is 0 Å². The molecule has 1 heterocycles. The molecule has 0 unspecified atom stereocenters. The van der Waals surface area contributed by atoms with Gasteiger partial charge in [-0.1, -0.05) is 0 Å². The van der Waals surface area contributed by atoms with Gasteiger partial charge in [-0.15, -0.1) is 0 Å². The number of nitrogens with zero attached hydrogens (tertiary/aromatic N) is 1. The Balaban J connectivity index is 2.30. The van der Waals surface area contributed by atoms with Crippen molar-refractivity contribution in [3.63, 3.8) is 0 Å². The second-order valence-corrected chi connectivity index (χ2v) is 6.49. The maximum absolute atomic E-state index is 11.6. The van der Waals surface area contributed by atoms with E-state index in [9.17, 15) is 13.2 Å². The van der Waals surface area contributed by atoms with Gasteiger partial charge in [0.25, 0.3) is 0 Å². The minimum absolute atomic E-state index is 0.0361. The monoisotopic (exact) mass is 270 g/mol. The standard InChI is InChI=1S/C11H14N2O4S/c1-18(15,16)6-2-5-13-9-7-8(12)3-4-10(9)17-11(13)14/h3-4,7H,2,5-6,12H2,1H3.